The van der Waals surface area contributed by atoms with Gasteiger partial charge in [-0.25, -0.2) is 4.98 Å². The molecule has 1 aromatic heterocycles. The molecular formula is C17H19N3O3. The summed E-state index contributed by atoms with van der Waals surface area (Å²) in [6.07, 6.45) is 4.90. The van der Waals surface area contributed by atoms with Crippen LogP contribution in [0, 0.1) is 0 Å². The zero-order valence-electron chi connectivity index (χ0n) is 12.9. The Balaban J connectivity index is 1.45. The number of amides is 1. The molecule has 2 saturated heterocycles. The molecule has 2 aliphatic heterocycles. The van der Waals surface area contributed by atoms with E-state index in [1.807, 2.05) is 24.3 Å². The normalized spacial score (nSPS) is 25.5. The smallest absolute Gasteiger partial charge is 0.307 e. The number of fused-ring (bicyclic) bond motifs is 2. The number of benzene rings is 1. The Morgan fingerprint density at radius 1 is 1.35 bits per heavy atom. The standard InChI is InChI=1S/C17H19N3O3/c1-22-12-5-2-10(3-6-12)15-9-18-17(23-15)16(21)20-14-8-11-4-7-13(14)19-11/h2-3,5-6,9,11,13-14,19H,4,7-8H2,1H3,(H,20,21). The average molecular weight is 313 g/mol. The number of methoxy groups -OCH3 is 1. The van der Waals surface area contributed by atoms with E-state index in [1.54, 1.807) is 13.3 Å². The second-order valence-corrected chi connectivity index (χ2v) is 6.12. The number of carbonyl (C=O) groups excluding carboxylic acids is 1. The molecule has 1 amide bonds. The Kier molecular flexibility index (Phi) is 3.53. The third-order valence-electron chi connectivity index (χ3n) is 4.69. The lowest BCUT2D eigenvalue weighted by atomic mass is 9.95. The van der Waals surface area contributed by atoms with Gasteiger partial charge in [-0.15, -0.1) is 0 Å². The molecule has 6 heteroatoms. The minimum atomic E-state index is -0.246. The molecule has 2 N–H and O–H groups in total. The summed E-state index contributed by atoms with van der Waals surface area (Å²) in [7, 11) is 1.62. The molecule has 2 aromatic rings. The van der Waals surface area contributed by atoms with Gasteiger partial charge in [-0.2, -0.15) is 0 Å². The molecule has 0 saturated carbocycles. The van der Waals surface area contributed by atoms with Crippen LogP contribution in [0.25, 0.3) is 11.3 Å². The van der Waals surface area contributed by atoms with E-state index in [9.17, 15) is 4.79 Å². The van der Waals surface area contributed by atoms with E-state index >= 15 is 0 Å². The minimum absolute atomic E-state index is 0.110. The quantitative estimate of drug-likeness (QED) is 0.902. The van der Waals surface area contributed by atoms with Crippen molar-refractivity contribution in [3.8, 4) is 17.1 Å². The first-order chi connectivity index (χ1) is 11.2. The van der Waals surface area contributed by atoms with E-state index in [0.717, 1.165) is 24.2 Å². The predicted molar refractivity (Wildman–Crippen MR) is 84.3 cm³/mol. The fourth-order valence-corrected chi connectivity index (χ4v) is 3.48. The Morgan fingerprint density at radius 3 is 2.83 bits per heavy atom. The number of nitrogens with one attached hydrogen (secondary N) is 2. The van der Waals surface area contributed by atoms with Crippen molar-refractivity contribution >= 4 is 5.91 Å². The molecule has 4 rings (SSSR count). The Hall–Kier alpha value is -2.34. The second-order valence-electron chi connectivity index (χ2n) is 6.12. The van der Waals surface area contributed by atoms with Crippen LogP contribution in [-0.4, -0.2) is 36.1 Å². The van der Waals surface area contributed by atoms with Gasteiger partial charge in [0.15, 0.2) is 5.76 Å². The van der Waals surface area contributed by atoms with Crippen molar-refractivity contribution in [3.05, 3.63) is 36.4 Å². The first-order valence-corrected chi connectivity index (χ1v) is 7.90. The molecule has 3 unspecified atom stereocenters. The summed E-state index contributed by atoms with van der Waals surface area (Å²) in [5.41, 5.74) is 0.860. The number of carbonyl (C=O) groups is 1. The highest BCUT2D eigenvalue weighted by molar-refractivity contribution is 5.90. The van der Waals surface area contributed by atoms with Gasteiger partial charge in [0, 0.05) is 23.7 Å². The van der Waals surface area contributed by atoms with Crippen molar-refractivity contribution in [2.45, 2.75) is 37.4 Å². The monoisotopic (exact) mass is 313 g/mol. The zero-order valence-corrected chi connectivity index (χ0v) is 12.9. The third-order valence-corrected chi connectivity index (χ3v) is 4.69. The number of rotatable bonds is 4. The van der Waals surface area contributed by atoms with Crippen LogP contribution in [0.2, 0.25) is 0 Å². The Bertz CT molecular complexity index is 710. The van der Waals surface area contributed by atoms with E-state index in [0.29, 0.717) is 17.8 Å². The highest BCUT2D eigenvalue weighted by atomic mass is 16.5. The summed E-state index contributed by atoms with van der Waals surface area (Å²) in [6, 6.07) is 8.56. The second kappa shape index (κ2) is 5.70. The van der Waals surface area contributed by atoms with Crippen molar-refractivity contribution in [2.24, 2.45) is 0 Å². The van der Waals surface area contributed by atoms with E-state index in [1.165, 1.54) is 6.42 Å². The SMILES string of the molecule is COc1ccc(-c2cnc(C(=O)NC3CC4CCC3N4)o2)cc1. The minimum Gasteiger partial charge on any atom is -0.497 e. The summed E-state index contributed by atoms with van der Waals surface area (Å²) in [5, 5.41) is 6.53. The molecule has 2 bridgehead atoms. The van der Waals surface area contributed by atoms with Gasteiger partial charge in [0.2, 0.25) is 0 Å². The molecule has 0 radical (unpaired) electrons. The van der Waals surface area contributed by atoms with E-state index < -0.39 is 0 Å². The lowest BCUT2D eigenvalue weighted by molar-refractivity contribution is 0.0896. The fraction of sp³-hybridized carbons (Fsp3) is 0.412. The maximum absolute atomic E-state index is 12.3. The maximum atomic E-state index is 12.3. The first-order valence-electron chi connectivity index (χ1n) is 7.90. The molecular weight excluding hydrogens is 294 g/mol. The number of ether oxygens (including phenoxy) is 1. The summed E-state index contributed by atoms with van der Waals surface area (Å²) in [4.78, 5) is 16.4. The van der Waals surface area contributed by atoms with Crippen LogP contribution in [0.15, 0.2) is 34.9 Å². The van der Waals surface area contributed by atoms with Crippen molar-refractivity contribution < 1.29 is 13.9 Å². The van der Waals surface area contributed by atoms with Crippen LogP contribution in [0.3, 0.4) is 0 Å². The molecule has 0 aliphatic carbocycles. The van der Waals surface area contributed by atoms with Crippen LogP contribution < -0.4 is 15.4 Å². The van der Waals surface area contributed by atoms with Gasteiger partial charge in [-0.1, -0.05) is 0 Å². The van der Waals surface area contributed by atoms with Crippen molar-refractivity contribution in [1.82, 2.24) is 15.6 Å². The van der Waals surface area contributed by atoms with Gasteiger partial charge in [0.25, 0.3) is 5.89 Å². The van der Waals surface area contributed by atoms with Crippen LogP contribution >= 0.6 is 0 Å². The van der Waals surface area contributed by atoms with E-state index in [-0.39, 0.29) is 17.8 Å². The largest absolute Gasteiger partial charge is 0.497 e. The van der Waals surface area contributed by atoms with Crippen LogP contribution in [0.5, 0.6) is 5.75 Å². The van der Waals surface area contributed by atoms with E-state index in [4.69, 9.17) is 9.15 Å². The molecule has 120 valence electrons. The number of hydrogen-bond donors (Lipinski definition) is 2. The predicted octanol–water partition coefficient (Wildman–Crippen LogP) is 1.97. The highest BCUT2D eigenvalue weighted by Gasteiger charge is 2.40. The summed E-state index contributed by atoms with van der Waals surface area (Å²) >= 11 is 0. The van der Waals surface area contributed by atoms with Crippen molar-refractivity contribution in [3.63, 3.8) is 0 Å². The van der Waals surface area contributed by atoms with Gasteiger partial charge in [-0.3, -0.25) is 4.79 Å². The number of nitrogens with zero attached hydrogens (tertiary/aromatic N) is 1. The van der Waals surface area contributed by atoms with Crippen molar-refractivity contribution in [2.75, 3.05) is 7.11 Å². The lowest BCUT2D eigenvalue weighted by Crippen LogP contribution is -2.43. The molecule has 3 atom stereocenters. The Morgan fingerprint density at radius 2 is 2.17 bits per heavy atom. The fourth-order valence-electron chi connectivity index (χ4n) is 3.48. The van der Waals surface area contributed by atoms with Gasteiger partial charge < -0.3 is 19.8 Å². The average Bonchev–Trinajstić information content (AvgIpc) is 3.31. The van der Waals surface area contributed by atoms with Gasteiger partial charge >= 0.3 is 5.91 Å². The van der Waals surface area contributed by atoms with Crippen molar-refractivity contribution in [1.29, 1.82) is 0 Å². The lowest BCUT2D eigenvalue weighted by Gasteiger charge is -2.20. The Labute approximate surface area is 134 Å². The maximum Gasteiger partial charge on any atom is 0.307 e. The third kappa shape index (κ3) is 2.70. The van der Waals surface area contributed by atoms with E-state index in [2.05, 4.69) is 15.6 Å². The molecule has 23 heavy (non-hydrogen) atoms. The number of oxazole rings is 1. The molecule has 0 spiro atoms. The topological polar surface area (TPSA) is 76.4 Å². The number of aromatic nitrogens is 1. The number of hydrogen-bond acceptors (Lipinski definition) is 5. The highest BCUT2D eigenvalue weighted by Crippen LogP contribution is 2.28. The van der Waals surface area contributed by atoms with Crippen LogP contribution in [-0.2, 0) is 0 Å². The molecule has 2 aliphatic rings. The summed E-state index contributed by atoms with van der Waals surface area (Å²) in [6.45, 7) is 0. The molecule has 1 aromatic carbocycles. The molecule has 3 heterocycles. The van der Waals surface area contributed by atoms with Crippen LogP contribution in [0.4, 0.5) is 0 Å². The molecule has 6 nitrogen and oxygen atoms in total. The zero-order chi connectivity index (χ0) is 15.8. The van der Waals surface area contributed by atoms with Gasteiger partial charge in [0.05, 0.1) is 13.3 Å². The van der Waals surface area contributed by atoms with Crippen LogP contribution in [0.1, 0.15) is 29.9 Å². The summed E-state index contributed by atoms with van der Waals surface area (Å²) in [5.74, 6) is 1.21. The van der Waals surface area contributed by atoms with Gasteiger partial charge in [-0.05, 0) is 43.5 Å². The van der Waals surface area contributed by atoms with Gasteiger partial charge in [0.1, 0.15) is 5.75 Å². The molecule has 2 fully saturated rings. The first kappa shape index (κ1) is 14.3. The summed E-state index contributed by atoms with van der Waals surface area (Å²) < 4.78 is 10.7.